The molecule has 3 aromatic rings. The van der Waals surface area contributed by atoms with E-state index in [-0.39, 0.29) is 24.9 Å². The van der Waals surface area contributed by atoms with Gasteiger partial charge >= 0.3 is 0 Å². The highest BCUT2D eigenvalue weighted by Crippen LogP contribution is 2.28. The van der Waals surface area contributed by atoms with E-state index in [0.717, 1.165) is 25.9 Å². The summed E-state index contributed by atoms with van der Waals surface area (Å²) in [5.74, 6) is -0.240. The number of anilines is 2. The van der Waals surface area contributed by atoms with Gasteiger partial charge in [-0.25, -0.2) is 4.98 Å². The van der Waals surface area contributed by atoms with Crippen LogP contribution in [0.3, 0.4) is 0 Å². The van der Waals surface area contributed by atoms with Gasteiger partial charge in [0.1, 0.15) is 0 Å². The van der Waals surface area contributed by atoms with Gasteiger partial charge in [0.15, 0.2) is 5.13 Å². The number of likely N-dealkylation sites (N-methyl/N-ethyl adjacent to an activating group) is 2. The highest BCUT2D eigenvalue weighted by molar-refractivity contribution is 9.10. The molecule has 152 valence electrons. The molecule has 29 heavy (non-hydrogen) atoms. The largest absolute Gasteiger partial charge is 0.325 e. The number of nitrogens with zero attached hydrogens (tertiary/aromatic N) is 3. The van der Waals surface area contributed by atoms with E-state index in [0.29, 0.717) is 11.7 Å². The molecule has 2 amide bonds. The minimum absolute atomic E-state index is 0.0818. The summed E-state index contributed by atoms with van der Waals surface area (Å²) in [5.41, 5.74) is 2.62. The van der Waals surface area contributed by atoms with Crippen molar-refractivity contribution in [3.8, 4) is 0 Å². The molecule has 0 atom stereocenters. The number of hydrogen-bond donors (Lipinski definition) is 1. The minimum atomic E-state index is -0.159. The predicted octanol–water partition coefficient (Wildman–Crippen LogP) is 4.29. The van der Waals surface area contributed by atoms with E-state index in [1.165, 1.54) is 11.3 Å². The molecule has 0 saturated carbocycles. The highest BCUT2D eigenvalue weighted by Gasteiger charge is 2.20. The summed E-state index contributed by atoms with van der Waals surface area (Å²) in [4.78, 5) is 33.1. The second-order valence-corrected chi connectivity index (χ2v) is 8.71. The molecule has 0 unspecified atom stereocenters. The molecule has 0 aliphatic carbocycles. The Balaban J connectivity index is 1.60. The van der Waals surface area contributed by atoms with Gasteiger partial charge in [0.25, 0.3) is 0 Å². The monoisotopic (exact) mass is 474 g/mol. The van der Waals surface area contributed by atoms with Crippen LogP contribution in [0.4, 0.5) is 10.8 Å². The van der Waals surface area contributed by atoms with Gasteiger partial charge in [-0.3, -0.25) is 19.4 Å². The Bertz CT molecular complexity index is 1000. The molecule has 0 bridgehead atoms. The van der Waals surface area contributed by atoms with Crippen LogP contribution < -0.4 is 10.2 Å². The van der Waals surface area contributed by atoms with E-state index >= 15 is 0 Å². The third-order valence-electron chi connectivity index (χ3n) is 4.41. The molecule has 3 rings (SSSR count). The van der Waals surface area contributed by atoms with Crippen LogP contribution >= 0.6 is 27.3 Å². The average Bonchev–Trinajstić information content (AvgIpc) is 3.08. The second-order valence-electron chi connectivity index (χ2n) is 6.78. The Labute approximate surface area is 182 Å². The van der Waals surface area contributed by atoms with E-state index in [1.54, 1.807) is 16.8 Å². The summed E-state index contributed by atoms with van der Waals surface area (Å²) < 4.78 is 2.01. The number of hydrogen-bond acceptors (Lipinski definition) is 5. The summed E-state index contributed by atoms with van der Waals surface area (Å²) in [7, 11) is 1.76. The van der Waals surface area contributed by atoms with Gasteiger partial charge in [0, 0.05) is 16.7 Å². The normalized spacial score (nSPS) is 11.1. The van der Waals surface area contributed by atoms with E-state index in [2.05, 4.69) is 26.2 Å². The van der Waals surface area contributed by atoms with E-state index in [9.17, 15) is 9.59 Å². The molecule has 0 radical (unpaired) electrons. The fraction of sp³-hybridized carbons (Fsp3) is 0.286. The third kappa shape index (κ3) is 5.41. The van der Waals surface area contributed by atoms with Crippen molar-refractivity contribution in [2.45, 2.75) is 13.8 Å². The van der Waals surface area contributed by atoms with Crippen molar-refractivity contribution in [2.75, 3.05) is 36.9 Å². The minimum Gasteiger partial charge on any atom is -0.325 e. The Kier molecular flexibility index (Phi) is 7.00. The van der Waals surface area contributed by atoms with E-state index in [1.807, 2.05) is 56.3 Å². The topological polar surface area (TPSA) is 65.5 Å². The maximum Gasteiger partial charge on any atom is 0.242 e. The summed E-state index contributed by atoms with van der Waals surface area (Å²) in [6, 6.07) is 13.5. The summed E-state index contributed by atoms with van der Waals surface area (Å²) >= 11 is 4.91. The first kappa shape index (κ1) is 21.4. The zero-order chi connectivity index (χ0) is 21.0. The van der Waals surface area contributed by atoms with Crippen LogP contribution in [0.1, 0.15) is 12.5 Å². The fourth-order valence-electron chi connectivity index (χ4n) is 2.97. The zero-order valence-electron chi connectivity index (χ0n) is 16.6. The number of aryl methyl sites for hydroxylation is 1. The van der Waals surface area contributed by atoms with Crippen molar-refractivity contribution in [2.24, 2.45) is 0 Å². The molecule has 8 heteroatoms. The van der Waals surface area contributed by atoms with Crippen LogP contribution in [-0.4, -0.2) is 48.4 Å². The van der Waals surface area contributed by atoms with Gasteiger partial charge in [-0.15, -0.1) is 0 Å². The number of benzene rings is 2. The molecule has 0 saturated heterocycles. The third-order valence-corrected chi connectivity index (χ3v) is 5.96. The Morgan fingerprint density at radius 3 is 2.62 bits per heavy atom. The zero-order valence-corrected chi connectivity index (χ0v) is 19.0. The smallest absolute Gasteiger partial charge is 0.242 e. The van der Waals surface area contributed by atoms with E-state index in [4.69, 9.17) is 0 Å². The quantitative estimate of drug-likeness (QED) is 0.554. The number of para-hydroxylation sites is 1. The molecule has 0 spiro atoms. The molecule has 2 aromatic carbocycles. The molecular weight excluding hydrogens is 452 g/mol. The van der Waals surface area contributed by atoms with Gasteiger partial charge in [-0.2, -0.15) is 0 Å². The van der Waals surface area contributed by atoms with Crippen molar-refractivity contribution in [3.05, 3.63) is 52.5 Å². The van der Waals surface area contributed by atoms with Crippen molar-refractivity contribution >= 4 is 60.1 Å². The lowest BCUT2D eigenvalue weighted by Crippen LogP contribution is -2.41. The van der Waals surface area contributed by atoms with Crippen LogP contribution in [0.25, 0.3) is 10.2 Å². The van der Waals surface area contributed by atoms with Crippen LogP contribution in [0.15, 0.2) is 46.9 Å². The molecule has 1 N–H and O–H groups in total. The summed E-state index contributed by atoms with van der Waals surface area (Å²) in [5, 5.41) is 3.58. The SMILES string of the molecule is CCN(C(=O)CN(C)CC(=O)Nc1ccc(Br)cc1C)c1nc2ccccc2s1. The second kappa shape index (κ2) is 9.47. The maximum absolute atomic E-state index is 12.8. The van der Waals surface area contributed by atoms with Crippen molar-refractivity contribution in [1.82, 2.24) is 9.88 Å². The summed E-state index contributed by atoms with van der Waals surface area (Å²) in [6.45, 7) is 4.64. The van der Waals surface area contributed by atoms with Crippen molar-refractivity contribution in [3.63, 3.8) is 0 Å². The number of rotatable bonds is 7. The van der Waals surface area contributed by atoms with Crippen LogP contribution in [0.5, 0.6) is 0 Å². The first-order valence-corrected chi connectivity index (χ1v) is 10.9. The number of nitrogens with one attached hydrogen (secondary N) is 1. The molecular formula is C21H23BrN4O2S. The highest BCUT2D eigenvalue weighted by atomic mass is 79.9. The number of halogens is 1. The van der Waals surface area contributed by atoms with Gasteiger partial charge < -0.3 is 5.32 Å². The number of aromatic nitrogens is 1. The van der Waals surface area contributed by atoms with Crippen molar-refractivity contribution in [1.29, 1.82) is 0 Å². The lowest BCUT2D eigenvalue weighted by Gasteiger charge is -2.22. The molecule has 6 nitrogen and oxygen atoms in total. The molecule has 1 heterocycles. The molecule has 0 aliphatic heterocycles. The molecule has 0 aliphatic rings. The van der Waals surface area contributed by atoms with Crippen LogP contribution in [0, 0.1) is 6.92 Å². The average molecular weight is 475 g/mol. The van der Waals surface area contributed by atoms with Gasteiger partial charge in [-0.1, -0.05) is 39.4 Å². The molecule has 1 aromatic heterocycles. The van der Waals surface area contributed by atoms with Gasteiger partial charge in [0.05, 0.1) is 23.3 Å². The Morgan fingerprint density at radius 2 is 1.93 bits per heavy atom. The lowest BCUT2D eigenvalue weighted by atomic mass is 10.2. The van der Waals surface area contributed by atoms with Crippen molar-refractivity contribution < 1.29 is 9.59 Å². The first-order chi connectivity index (χ1) is 13.9. The Morgan fingerprint density at radius 1 is 1.17 bits per heavy atom. The fourth-order valence-corrected chi connectivity index (χ4v) is 4.49. The maximum atomic E-state index is 12.8. The standard InChI is InChI=1S/C21H23BrN4O2S/c1-4-26(21-24-17-7-5-6-8-18(17)29-21)20(28)13-25(3)12-19(27)23-16-10-9-15(22)11-14(16)2/h5-11H,4,12-13H2,1-3H3,(H,23,27). The van der Waals surface area contributed by atoms with Crippen LogP contribution in [0.2, 0.25) is 0 Å². The number of thiazole rings is 1. The van der Waals surface area contributed by atoms with Gasteiger partial charge in [0.2, 0.25) is 11.8 Å². The number of carbonyl (C=O) groups excluding carboxylic acids is 2. The number of fused-ring (bicyclic) bond motifs is 1. The van der Waals surface area contributed by atoms with Gasteiger partial charge in [-0.05, 0) is 56.8 Å². The Hall–Kier alpha value is -2.29. The first-order valence-electron chi connectivity index (χ1n) is 9.28. The lowest BCUT2D eigenvalue weighted by molar-refractivity contribution is -0.121. The molecule has 0 fully saturated rings. The summed E-state index contributed by atoms with van der Waals surface area (Å²) in [6.07, 6.45) is 0. The number of carbonyl (C=O) groups is 2. The predicted molar refractivity (Wildman–Crippen MR) is 123 cm³/mol. The van der Waals surface area contributed by atoms with E-state index < -0.39 is 0 Å². The van der Waals surface area contributed by atoms with Crippen LogP contribution in [-0.2, 0) is 9.59 Å². The number of amides is 2.